The SMILES string of the molecule is c1ccc2nc(NC[C@H]3CCNC3)cnc2c1. The van der Waals surface area contributed by atoms with Crippen LogP contribution in [0.2, 0.25) is 0 Å². The molecule has 0 bridgehead atoms. The van der Waals surface area contributed by atoms with Crippen LogP contribution in [0.25, 0.3) is 11.0 Å². The number of nitrogens with one attached hydrogen (secondary N) is 2. The van der Waals surface area contributed by atoms with Crippen LogP contribution in [0.15, 0.2) is 30.5 Å². The van der Waals surface area contributed by atoms with Crippen molar-refractivity contribution in [2.75, 3.05) is 25.0 Å². The van der Waals surface area contributed by atoms with Gasteiger partial charge in [-0.15, -0.1) is 0 Å². The van der Waals surface area contributed by atoms with Gasteiger partial charge in [0, 0.05) is 6.54 Å². The second-order valence-electron chi connectivity index (χ2n) is 4.48. The molecule has 1 aromatic heterocycles. The van der Waals surface area contributed by atoms with Crippen LogP contribution in [0.4, 0.5) is 5.82 Å². The monoisotopic (exact) mass is 228 g/mol. The van der Waals surface area contributed by atoms with Gasteiger partial charge >= 0.3 is 0 Å². The van der Waals surface area contributed by atoms with E-state index in [0.717, 1.165) is 36.5 Å². The van der Waals surface area contributed by atoms with Crippen LogP contribution in [-0.4, -0.2) is 29.6 Å². The first-order valence-electron chi connectivity index (χ1n) is 6.08. The fraction of sp³-hybridized carbons (Fsp3) is 0.385. The molecule has 0 spiro atoms. The van der Waals surface area contributed by atoms with E-state index in [1.807, 2.05) is 30.5 Å². The molecule has 88 valence electrons. The molecule has 0 amide bonds. The van der Waals surface area contributed by atoms with Crippen molar-refractivity contribution in [1.82, 2.24) is 15.3 Å². The minimum absolute atomic E-state index is 0.711. The quantitative estimate of drug-likeness (QED) is 0.838. The summed E-state index contributed by atoms with van der Waals surface area (Å²) < 4.78 is 0. The summed E-state index contributed by atoms with van der Waals surface area (Å²) in [5, 5.41) is 6.73. The Labute approximate surface area is 100 Å². The van der Waals surface area contributed by atoms with E-state index < -0.39 is 0 Å². The number of fused-ring (bicyclic) bond motifs is 1. The second-order valence-corrected chi connectivity index (χ2v) is 4.48. The lowest BCUT2D eigenvalue weighted by Gasteiger charge is -2.10. The zero-order valence-electron chi connectivity index (χ0n) is 9.69. The zero-order chi connectivity index (χ0) is 11.5. The summed E-state index contributed by atoms with van der Waals surface area (Å²) in [4.78, 5) is 8.93. The molecule has 0 radical (unpaired) electrons. The molecule has 2 N–H and O–H groups in total. The van der Waals surface area contributed by atoms with E-state index >= 15 is 0 Å². The lowest BCUT2D eigenvalue weighted by Crippen LogP contribution is -2.17. The van der Waals surface area contributed by atoms with Gasteiger partial charge in [-0.2, -0.15) is 0 Å². The Morgan fingerprint density at radius 2 is 2.18 bits per heavy atom. The van der Waals surface area contributed by atoms with E-state index in [2.05, 4.69) is 20.6 Å². The van der Waals surface area contributed by atoms with E-state index in [0.29, 0.717) is 5.92 Å². The summed E-state index contributed by atoms with van der Waals surface area (Å²) in [6, 6.07) is 7.94. The largest absolute Gasteiger partial charge is 0.368 e. The number of rotatable bonds is 3. The molecular formula is C13H16N4. The van der Waals surface area contributed by atoms with Crippen molar-refractivity contribution in [2.24, 2.45) is 5.92 Å². The van der Waals surface area contributed by atoms with Crippen LogP contribution < -0.4 is 10.6 Å². The smallest absolute Gasteiger partial charge is 0.145 e. The maximum Gasteiger partial charge on any atom is 0.145 e. The summed E-state index contributed by atoms with van der Waals surface area (Å²) in [6.45, 7) is 3.21. The van der Waals surface area contributed by atoms with Gasteiger partial charge in [0.1, 0.15) is 5.82 Å². The summed E-state index contributed by atoms with van der Waals surface area (Å²) in [5.41, 5.74) is 1.89. The third kappa shape index (κ3) is 2.36. The van der Waals surface area contributed by atoms with Crippen LogP contribution in [0.3, 0.4) is 0 Å². The highest BCUT2D eigenvalue weighted by atomic mass is 15.0. The van der Waals surface area contributed by atoms with Crippen LogP contribution in [0, 0.1) is 5.92 Å². The van der Waals surface area contributed by atoms with Crippen LogP contribution in [0.1, 0.15) is 6.42 Å². The van der Waals surface area contributed by atoms with Crippen molar-refractivity contribution < 1.29 is 0 Å². The van der Waals surface area contributed by atoms with Crippen molar-refractivity contribution >= 4 is 16.9 Å². The third-order valence-electron chi connectivity index (χ3n) is 3.18. The Kier molecular flexibility index (Phi) is 2.88. The standard InChI is InChI=1S/C13H16N4/c1-2-4-12-11(3-1)15-9-13(17-12)16-8-10-5-6-14-7-10/h1-4,9-10,14H,5-8H2,(H,16,17)/t10-/m0/s1. The highest BCUT2D eigenvalue weighted by Gasteiger charge is 2.13. The van der Waals surface area contributed by atoms with E-state index in [1.54, 1.807) is 0 Å². The predicted molar refractivity (Wildman–Crippen MR) is 69.0 cm³/mol. The second kappa shape index (κ2) is 4.67. The van der Waals surface area contributed by atoms with Gasteiger partial charge in [-0.3, -0.25) is 4.98 Å². The Morgan fingerprint density at radius 3 is 3.00 bits per heavy atom. The van der Waals surface area contributed by atoms with Crippen molar-refractivity contribution in [2.45, 2.75) is 6.42 Å². The molecule has 0 aliphatic carbocycles. The lowest BCUT2D eigenvalue weighted by atomic mass is 10.1. The Balaban J connectivity index is 1.72. The molecular weight excluding hydrogens is 212 g/mol. The van der Waals surface area contributed by atoms with Crippen LogP contribution in [-0.2, 0) is 0 Å². The molecule has 1 aliphatic heterocycles. The molecule has 1 aromatic carbocycles. The summed E-state index contributed by atoms with van der Waals surface area (Å²) in [5.74, 6) is 1.58. The predicted octanol–water partition coefficient (Wildman–Crippen LogP) is 1.65. The fourth-order valence-corrected chi connectivity index (χ4v) is 2.18. The van der Waals surface area contributed by atoms with Crippen molar-refractivity contribution in [3.05, 3.63) is 30.5 Å². The van der Waals surface area contributed by atoms with Crippen LogP contribution in [0.5, 0.6) is 0 Å². The van der Waals surface area contributed by atoms with Gasteiger partial charge in [-0.25, -0.2) is 4.98 Å². The van der Waals surface area contributed by atoms with Gasteiger partial charge in [-0.1, -0.05) is 12.1 Å². The van der Waals surface area contributed by atoms with Gasteiger partial charge in [0.15, 0.2) is 0 Å². The number of aromatic nitrogens is 2. The highest BCUT2D eigenvalue weighted by molar-refractivity contribution is 5.75. The first-order valence-corrected chi connectivity index (χ1v) is 6.08. The topological polar surface area (TPSA) is 49.8 Å². The van der Waals surface area contributed by atoms with Crippen LogP contribution >= 0.6 is 0 Å². The van der Waals surface area contributed by atoms with Crippen molar-refractivity contribution in [3.8, 4) is 0 Å². The van der Waals surface area contributed by atoms with E-state index in [1.165, 1.54) is 6.42 Å². The lowest BCUT2D eigenvalue weighted by molar-refractivity contribution is 0.614. The average molecular weight is 228 g/mol. The number of benzene rings is 1. The number of hydrogen-bond acceptors (Lipinski definition) is 4. The fourth-order valence-electron chi connectivity index (χ4n) is 2.18. The first kappa shape index (κ1) is 10.5. The normalized spacial score (nSPS) is 19.6. The van der Waals surface area contributed by atoms with Gasteiger partial charge < -0.3 is 10.6 Å². The molecule has 1 saturated heterocycles. The molecule has 17 heavy (non-hydrogen) atoms. The average Bonchev–Trinajstić information content (AvgIpc) is 2.89. The molecule has 1 atom stereocenters. The Bertz CT molecular complexity index is 506. The maximum atomic E-state index is 4.54. The Hall–Kier alpha value is -1.68. The summed E-state index contributed by atoms with van der Waals surface area (Å²) >= 11 is 0. The molecule has 2 heterocycles. The van der Waals surface area contributed by atoms with E-state index in [-0.39, 0.29) is 0 Å². The zero-order valence-corrected chi connectivity index (χ0v) is 9.69. The molecule has 0 saturated carbocycles. The van der Waals surface area contributed by atoms with Crippen molar-refractivity contribution in [1.29, 1.82) is 0 Å². The van der Waals surface area contributed by atoms with Crippen molar-refractivity contribution in [3.63, 3.8) is 0 Å². The molecule has 1 fully saturated rings. The first-order chi connectivity index (χ1) is 8.42. The molecule has 1 aliphatic rings. The van der Waals surface area contributed by atoms with Gasteiger partial charge in [0.2, 0.25) is 0 Å². The van der Waals surface area contributed by atoms with Gasteiger partial charge in [0.25, 0.3) is 0 Å². The maximum absolute atomic E-state index is 4.54. The number of nitrogens with zero attached hydrogens (tertiary/aromatic N) is 2. The highest BCUT2D eigenvalue weighted by Crippen LogP contribution is 2.13. The third-order valence-corrected chi connectivity index (χ3v) is 3.18. The molecule has 0 unspecified atom stereocenters. The molecule has 4 heteroatoms. The van der Waals surface area contributed by atoms with E-state index in [9.17, 15) is 0 Å². The molecule has 3 rings (SSSR count). The Morgan fingerprint density at radius 1 is 1.29 bits per heavy atom. The summed E-state index contributed by atoms with van der Waals surface area (Å²) in [6.07, 6.45) is 3.05. The van der Waals surface area contributed by atoms with Gasteiger partial charge in [0.05, 0.1) is 17.2 Å². The minimum atomic E-state index is 0.711. The number of hydrogen-bond donors (Lipinski definition) is 2. The molecule has 4 nitrogen and oxygen atoms in total. The summed E-state index contributed by atoms with van der Waals surface area (Å²) in [7, 11) is 0. The van der Waals surface area contributed by atoms with E-state index in [4.69, 9.17) is 0 Å². The molecule has 2 aromatic rings. The minimum Gasteiger partial charge on any atom is -0.368 e. The number of anilines is 1. The van der Waals surface area contributed by atoms with Gasteiger partial charge in [-0.05, 0) is 37.6 Å². The number of para-hydroxylation sites is 2.